The number of rotatable bonds is 5. The van der Waals surface area contributed by atoms with Gasteiger partial charge in [0.2, 0.25) is 5.84 Å². The van der Waals surface area contributed by atoms with Gasteiger partial charge in [0.1, 0.15) is 5.75 Å². The molecule has 3 N–H and O–H groups in total. The maximum Gasteiger partial charge on any atom is 0.375 e. The van der Waals surface area contributed by atoms with Crippen LogP contribution in [0.2, 0.25) is 0 Å². The molecular formula is C23H22N4O3. The molecule has 0 atom stereocenters. The number of methoxy groups -OCH3 is 1. The first-order chi connectivity index (χ1) is 14.6. The molecule has 0 bridgehead atoms. The maximum atomic E-state index is 12.3. The van der Waals surface area contributed by atoms with Crippen LogP contribution in [-0.2, 0) is 9.53 Å². The normalized spacial score (nSPS) is 12.5. The first-order valence-electron chi connectivity index (χ1n) is 9.56. The number of nitrogens with two attached hydrogens (primary N) is 1. The van der Waals surface area contributed by atoms with Crippen molar-refractivity contribution in [2.45, 2.75) is 6.92 Å². The van der Waals surface area contributed by atoms with E-state index in [-0.39, 0.29) is 12.4 Å². The number of ether oxygens (including phenoxy) is 2. The fourth-order valence-electron chi connectivity index (χ4n) is 3.25. The van der Waals surface area contributed by atoms with Crippen LogP contribution in [0.25, 0.3) is 11.1 Å². The van der Waals surface area contributed by atoms with Crippen molar-refractivity contribution in [1.29, 1.82) is 0 Å². The minimum atomic E-state index is -0.503. The van der Waals surface area contributed by atoms with Gasteiger partial charge in [-0.3, -0.25) is 10.4 Å². The second-order valence-electron chi connectivity index (χ2n) is 6.62. The highest BCUT2D eigenvalue weighted by atomic mass is 16.5. The van der Waals surface area contributed by atoms with Crippen molar-refractivity contribution >= 4 is 34.6 Å². The van der Waals surface area contributed by atoms with Gasteiger partial charge in [-0.15, -0.1) is 0 Å². The van der Waals surface area contributed by atoms with Crippen LogP contribution >= 0.6 is 0 Å². The number of carbonyl (C=O) groups is 1. The molecule has 0 aromatic heterocycles. The average Bonchev–Trinajstić information content (AvgIpc) is 2.79. The lowest BCUT2D eigenvalue weighted by atomic mass is 10.0. The van der Waals surface area contributed by atoms with E-state index in [9.17, 15) is 4.79 Å². The standard InChI is InChI=1S/C23H22N4O3/c1-3-30-23(28)22-25-19-12-10-15(16-9-11-18(24)21(14-16)29-2)13-20(19)27(26-22)17-7-5-4-6-8-17/h4-14H,3,24H2,1-2H3,(H,25,26). The number of carbonyl (C=O) groups excluding carboxylic acids is 1. The Morgan fingerprint density at radius 1 is 1.07 bits per heavy atom. The third kappa shape index (κ3) is 3.65. The van der Waals surface area contributed by atoms with Crippen molar-refractivity contribution in [3.8, 4) is 16.9 Å². The van der Waals surface area contributed by atoms with Crippen LogP contribution in [0.1, 0.15) is 6.92 Å². The second kappa shape index (κ2) is 8.16. The van der Waals surface area contributed by atoms with Crippen molar-refractivity contribution in [2.75, 3.05) is 24.5 Å². The van der Waals surface area contributed by atoms with Gasteiger partial charge in [-0.25, -0.2) is 9.79 Å². The molecule has 0 aliphatic carbocycles. The fraction of sp³-hybridized carbons (Fsp3) is 0.130. The molecule has 0 saturated carbocycles. The lowest BCUT2D eigenvalue weighted by Crippen LogP contribution is -2.45. The van der Waals surface area contributed by atoms with E-state index >= 15 is 0 Å². The van der Waals surface area contributed by atoms with Gasteiger partial charge in [-0.2, -0.15) is 0 Å². The average molecular weight is 402 g/mol. The second-order valence-corrected chi connectivity index (χ2v) is 6.62. The van der Waals surface area contributed by atoms with E-state index in [0.717, 1.165) is 22.5 Å². The molecule has 0 fully saturated rings. The number of hydrogen-bond donors (Lipinski definition) is 2. The first-order valence-corrected chi connectivity index (χ1v) is 9.56. The Morgan fingerprint density at radius 2 is 1.80 bits per heavy atom. The van der Waals surface area contributed by atoms with Gasteiger partial charge < -0.3 is 15.2 Å². The van der Waals surface area contributed by atoms with Crippen molar-refractivity contribution in [3.63, 3.8) is 0 Å². The molecular weight excluding hydrogens is 380 g/mol. The summed E-state index contributed by atoms with van der Waals surface area (Å²) in [5, 5.41) is 1.83. The van der Waals surface area contributed by atoms with Crippen LogP contribution in [0.15, 0.2) is 71.7 Å². The van der Waals surface area contributed by atoms with Crippen LogP contribution in [0.5, 0.6) is 5.75 Å². The van der Waals surface area contributed by atoms with Crippen molar-refractivity contribution in [2.24, 2.45) is 4.99 Å². The maximum absolute atomic E-state index is 12.3. The highest BCUT2D eigenvalue weighted by Gasteiger charge is 2.25. The molecule has 7 heteroatoms. The number of fused-ring (bicyclic) bond motifs is 1. The van der Waals surface area contributed by atoms with Gasteiger partial charge in [0.25, 0.3) is 0 Å². The van der Waals surface area contributed by atoms with Gasteiger partial charge in [-0.1, -0.05) is 30.3 Å². The summed E-state index contributed by atoms with van der Waals surface area (Å²) in [4.78, 5) is 16.8. The van der Waals surface area contributed by atoms with Crippen LogP contribution < -0.4 is 20.9 Å². The smallest absolute Gasteiger partial charge is 0.375 e. The SMILES string of the molecule is CCOC(=O)C1=Nc2ccc(-c3ccc(N)c(OC)c3)cc2N(c2ccccc2)N1. The monoisotopic (exact) mass is 402 g/mol. The molecule has 1 aliphatic rings. The van der Waals surface area contributed by atoms with E-state index in [1.54, 1.807) is 14.0 Å². The molecule has 0 radical (unpaired) electrons. The predicted molar refractivity (Wildman–Crippen MR) is 118 cm³/mol. The van der Waals surface area contributed by atoms with Gasteiger partial charge in [0.05, 0.1) is 36.5 Å². The fourth-order valence-corrected chi connectivity index (χ4v) is 3.25. The molecule has 0 saturated heterocycles. The lowest BCUT2D eigenvalue weighted by molar-refractivity contribution is -0.135. The molecule has 152 valence electrons. The first kappa shape index (κ1) is 19.3. The van der Waals surface area contributed by atoms with Gasteiger partial charge in [0.15, 0.2) is 0 Å². The van der Waals surface area contributed by atoms with E-state index in [4.69, 9.17) is 15.2 Å². The number of nitrogens with zero attached hydrogens (tertiary/aromatic N) is 2. The van der Waals surface area contributed by atoms with Crippen LogP contribution in [0, 0.1) is 0 Å². The summed E-state index contributed by atoms with van der Waals surface area (Å²) in [6, 6.07) is 21.2. The van der Waals surface area contributed by atoms with Gasteiger partial charge in [-0.05, 0) is 54.4 Å². The zero-order valence-corrected chi connectivity index (χ0v) is 16.8. The third-order valence-electron chi connectivity index (χ3n) is 4.72. The number of hydrogen-bond acceptors (Lipinski definition) is 7. The summed E-state index contributed by atoms with van der Waals surface area (Å²) < 4.78 is 10.5. The zero-order chi connectivity index (χ0) is 21.1. The zero-order valence-electron chi connectivity index (χ0n) is 16.8. The van der Waals surface area contributed by atoms with Crippen LogP contribution in [0.4, 0.5) is 22.7 Å². The number of esters is 1. The summed E-state index contributed by atoms with van der Waals surface area (Å²) >= 11 is 0. The molecule has 30 heavy (non-hydrogen) atoms. The van der Waals surface area contributed by atoms with Crippen molar-refractivity contribution in [3.05, 3.63) is 66.7 Å². The molecule has 4 rings (SSSR count). The molecule has 0 amide bonds. The summed E-state index contributed by atoms with van der Waals surface area (Å²) in [5.74, 6) is 0.248. The minimum absolute atomic E-state index is 0.134. The highest BCUT2D eigenvalue weighted by Crippen LogP contribution is 2.39. The molecule has 0 spiro atoms. The third-order valence-corrected chi connectivity index (χ3v) is 4.72. The number of aliphatic imine (C=N–C) groups is 1. The van der Waals surface area contributed by atoms with Crippen molar-refractivity contribution < 1.29 is 14.3 Å². The Kier molecular flexibility index (Phi) is 5.26. The van der Waals surface area contributed by atoms with Crippen LogP contribution in [-0.4, -0.2) is 25.5 Å². The predicted octanol–water partition coefficient (Wildman–Crippen LogP) is 4.19. The molecule has 3 aromatic carbocycles. The van der Waals surface area contributed by atoms with E-state index in [1.807, 2.05) is 71.7 Å². The summed E-state index contributed by atoms with van der Waals surface area (Å²) in [6.07, 6.45) is 0. The van der Waals surface area contributed by atoms with E-state index in [2.05, 4.69) is 10.4 Å². The number of hydrazine groups is 1. The number of para-hydroxylation sites is 1. The Bertz CT molecular complexity index is 1110. The van der Waals surface area contributed by atoms with E-state index in [1.165, 1.54) is 0 Å². The van der Waals surface area contributed by atoms with Crippen molar-refractivity contribution in [1.82, 2.24) is 5.43 Å². The number of anilines is 3. The van der Waals surface area contributed by atoms with E-state index < -0.39 is 5.97 Å². The molecule has 0 unspecified atom stereocenters. The Labute approximate surface area is 174 Å². The number of amidine groups is 1. The minimum Gasteiger partial charge on any atom is -0.495 e. The van der Waals surface area contributed by atoms with Crippen LogP contribution in [0.3, 0.4) is 0 Å². The number of nitrogen functional groups attached to an aromatic ring is 1. The number of benzene rings is 3. The summed E-state index contributed by atoms with van der Waals surface area (Å²) in [5.41, 5.74) is 13.9. The molecule has 7 nitrogen and oxygen atoms in total. The quantitative estimate of drug-likeness (QED) is 0.491. The lowest BCUT2D eigenvalue weighted by Gasteiger charge is -2.31. The van der Waals surface area contributed by atoms with Gasteiger partial charge in [0, 0.05) is 0 Å². The van der Waals surface area contributed by atoms with Gasteiger partial charge >= 0.3 is 5.97 Å². The summed E-state index contributed by atoms with van der Waals surface area (Å²) in [6.45, 7) is 2.03. The Balaban J connectivity index is 1.82. The molecule has 1 aliphatic heterocycles. The Hall–Kier alpha value is -4.00. The topological polar surface area (TPSA) is 89.2 Å². The number of nitrogens with one attached hydrogen (secondary N) is 1. The Morgan fingerprint density at radius 3 is 2.53 bits per heavy atom. The van der Waals surface area contributed by atoms with E-state index in [0.29, 0.717) is 17.1 Å². The molecule has 3 aromatic rings. The summed E-state index contributed by atoms with van der Waals surface area (Å²) in [7, 11) is 1.59. The highest BCUT2D eigenvalue weighted by molar-refractivity contribution is 6.37. The largest absolute Gasteiger partial charge is 0.495 e. The molecule has 1 heterocycles.